The molecule has 0 unspecified atom stereocenters. The quantitative estimate of drug-likeness (QED) is 0.896. The molecule has 1 heterocycles. The smallest absolute Gasteiger partial charge is 0.246 e. The minimum atomic E-state index is -0.376. The summed E-state index contributed by atoms with van der Waals surface area (Å²) in [5.74, 6) is -0.0114. The van der Waals surface area contributed by atoms with Gasteiger partial charge in [-0.25, -0.2) is 0 Å². The number of hydrogen-bond donors (Lipinski definition) is 1. The summed E-state index contributed by atoms with van der Waals surface area (Å²) >= 11 is 0. The molecular formula is C15H20N2O2. The van der Waals surface area contributed by atoms with Gasteiger partial charge in [0.2, 0.25) is 11.8 Å². The lowest BCUT2D eigenvalue weighted by Gasteiger charge is -2.38. The molecule has 2 amide bonds. The van der Waals surface area contributed by atoms with Gasteiger partial charge in [-0.15, -0.1) is 0 Å². The van der Waals surface area contributed by atoms with Gasteiger partial charge in [0.25, 0.3) is 0 Å². The Morgan fingerprint density at radius 3 is 2.37 bits per heavy atom. The summed E-state index contributed by atoms with van der Waals surface area (Å²) in [6.45, 7) is 4.35. The molecule has 4 nitrogen and oxygen atoms in total. The second kappa shape index (κ2) is 5.87. The van der Waals surface area contributed by atoms with Crippen LogP contribution in [0, 0.1) is 0 Å². The molecule has 0 bridgehead atoms. The molecule has 0 spiro atoms. The van der Waals surface area contributed by atoms with E-state index in [2.05, 4.69) is 5.32 Å². The van der Waals surface area contributed by atoms with Crippen LogP contribution in [0.15, 0.2) is 30.3 Å². The maximum absolute atomic E-state index is 12.4. The fourth-order valence-corrected chi connectivity index (χ4v) is 2.48. The van der Waals surface area contributed by atoms with Crippen molar-refractivity contribution in [3.63, 3.8) is 0 Å². The van der Waals surface area contributed by atoms with Crippen LogP contribution in [0.25, 0.3) is 0 Å². The van der Waals surface area contributed by atoms with Gasteiger partial charge >= 0.3 is 0 Å². The Hall–Kier alpha value is -1.84. The van der Waals surface area contributed by atoms with Crippen LogP contribution in [0.4, 0.5) is 0 Å². The molecule has 102 valence electrons. The van der Waals surface area contributed by atoms with E-state index in [0.717, 1.165) is 5.56 Å². The normalized spacial score (nSPS) is 23.4. The van der Waals surface area contributed by atoms with E-state index in [9.17, 15) is 9.59 Å². The van der Waals surface area contributed by atoms with Crippen LogP contribution in [0.3, 0.4) is 0 Å². The summed E-state index contributed by atoms with van der Waals surface area (Å²) in [6.07, 6.45) is 1.27. The molecule has 1 aliphatic rings. The third-order valence-corrected chi connectivity index (χ3v) is 3.57. The fraction of sp³-hybridized carbons (Fsp3) is 0.467. The highest BCUT2D eigenvalue weighted by molar-refractivity contribution is 5.96. The van der Waals surface area contributed by atoms with Gasteiger partial charge in [-0.3, -0.25) is 9.59 Å². The summed E-state index contributed by atoms with van der Waals surface area (Å²) in [6, 6.07) is 9.07. The van der Waals surface area contributed by atoms with Gasteiger partial charge in [-0.05, 0) is 18.4 Å². The van der Waals surface area contributed by atoms with Crippen LogP contribution in [0.1, 0.15) is 32.3 Å². The Bertz CT molecular complexity index is 458. The van der Waals surface area contributed by atoms with Crippen LogP contribution in [-0.2, 0) is 16.1 Å². The lowest BCUT2D eigenvalue weighted by Crippen LogP contribution is -2.62. The van der Waals surface area contributed by atoms with Crippen LogP contribution >= 0.6 is 0 Å². The molecule has 4 heteroatoms. The maximum Gasteiger partial charge on any atom is 0.246 e. The van der Waals surface area contributed by atoms with Gasteiger partial charge in [0.1, 0.15) is 12.1 Å². The predicted molar refractivity (Wildman–Crippen MR) is 73.3 cm³/mol. The highest BCUT2D eigenvalue weighted by Gasteiger charge is 2.38. The summed E-state index contributed by atoms with van der Waals surface area (Å²) in [5, 5.41) is 2.80. The van der Waals surface area contributed by atoms with Crippen LogP contribution in [-0.4, -0.2) is 28.8 Å². The van der Waals surface area contributed by atoms with Crippen LogP contribution < -0.4 is 5.32 Å². The molecule has 1 aromatic rings. The number of amides is 2. The number of hydrogen-bond acceptors (Lipinski definition) is 2. The Kier molecular flexibility index (Phi) is 4.20. The summed E-state index contributed by atoms with van der Waals surface area (Å²) in [4.78, 5) is 26.1. The van der Waals surface area contributed by atoms with Crippen molar-refractivity contribution in [2.45, 2.75) is 45.3 Å². The summed E-state index contributed by atoms with van der Waals surface area (Å²) < 4.78 is 0. The second-order valence-electron chi connectivity index (χ2n) is 4.85. The second-order valence-corrected chi connectivity index (χ2v) is 4.85. The van der Waals surface area contributed by atoms with Gasteiger partial charge in [0, 0.05) is 6.54 Å². The summed E-state index contributed by atoms with van der Waals surface area (Å²) in [5.41, 5.74) is 1.05. The topological polar surface area (TPSA) is 49.4 Å². The number of benzene rings is 1. The highest BCUT2D eigenvalue weighted by Crippen LogP contribution is 2.18. The molecule has 0 aromatic heterocycles. The monoisotopic (exact) mass is 260 g/mol. The molecule has 19 heavy (non-hydrogen) atoms. The maximum atomic E-state index is 12.4. The van der Waals surface area contributed by atoms with E-state index >= 15 is 0 Å². The van der Waals surface area contributed by atoms with E-state index in [1.807, 2.05) is 44.2 Å². The van der Waals surface area contributed by atoms with Crippen molar-refractivity contribution in [2.75, 3.05) is 0 Å². The fourth-order valence-electron chi connectivity index (χ4n) is 2.48. The van der Waals surface area contributed by atoms with Crippen molar-refractivity contribution in [2.24, 2.45) is 0 Å². The van der Waals surface area contributed by atoms with Gasteiger partial charge in [-0.1, -0.05) is 44.2 Å². The third-order valence-electron chi connectivity index (χ3n) is 3.57. The molecule has 1 fully saturated rings. The zero-order valence-electron chi connectivity index (χ0n) is 11.4. The average Bonchev–Trinajstić information content (AvgIpc) is 2.44. The van der Waals surface area contributed by atoms with Crippen molar-refractivity contribution in [1.29, 1.82) is 0 Å². The van der Waals surface area contributed by atoms with E-state index in [-0.39, 0.29) is 23.9 Å². The van der Waals surface area contributed by atoms with E-state index in [1.54, 1.807) is 4.90 Å². The molecule has 2 rings (SSSR count). The molecule has 0 saturated carbocycles. The average molecular weight is 260 g/mol. The Morgan fingerprint density at radius 1 is 1.11 bits per heavy atom. The Balaban J connectivity index is 2.22. The van der Waals surface area contributed by atoms with Gasteiger partial charge in [-0.2, -0.15) is 0 Å². The molecular weight excluding hydrogens is 240 g/mol. The van der Waals surface area contributed by atoms with Gasteiger partial charge < -0.3 is 10.2 Å². The minimum Gasteiger partial charge on any atom is -0.343 e. The largest absolute Gasteiger partial charge is 0.343 e. The molecule has 1 saturated heterocycles. The van der Waals surface area contributed by atoms with E-state index in [4.69, 9.17) is 0 Å². The SMILES string of the molecule is CC[C@@H]1NC(=O)[C@H](CC)N(Cc2ccccc2)C1=O. The lowest BCUT2D eigenvalue weighted by atomic mass is 10.0. The van der Waals surface area contributed by atoms with E-state index in [1.165, 1.54) is 0 Å². The van der Waals surface area contributed by atoms with Crippen molar-refractivity contribution in [3.8, 4) is 0 Å². The zero-order valence-corrected chi connectivity index (χ0v) is 11.4. The number of piperazine rings is 1. The standard InChI is InChI=1S/C15H20N2O2/c1-3-12-15(19)17(13(4-2)14(18)16-12)10-11-8-6-5-7-9-11/h5-9,12-13H,3-4,10H2,1-2H3,(H,16,18)/t12-,13-/m0/s1. The molecule has 1 N–H and O–H groups in total. The van der Waals surface area contributed by atoms with Crippen molar-refractivity contribution < 1.29 is 9.59 Å². The number of rotatable bonds is 4. The van der Waals surface area contributed by atoms with E-state index < -0.39 is 0 Å². The minimum absolute atomic E-state index is 0.0257. The van der Waals surface area contributed by atoms with E-state index in [0.29, 0.717) is 19.4 Å². The van der Waals surface area contributed by atoms with Gasteiger partial charge in [0.05, 0.1) is 0 Å². The molecule has 1 aliphatic heterocycles. The number of carbonyl (C=O) groups excluding carboxylic acids is 2. The first kappa shape index (κ1) is 13.6. The Morgan fingerprint density at radius 2 is 1.79 bits per heavy atom. The van der Waals surface area contributed by atoms with Crippen molar-refractivity contribution in [1.82, 2.24) is 10.2 Å². The van der Waals surface area contributed by atoms with Crippen LogP contribution in [0.2, 0.25) is 0 Å². The number of carbonyl (C=O) groups is 2. The Labute approximate surface area is 113 Å². The van der Waals surface area contributed by atoms with Gasteiger partial charge in [0.15, 0.2) is 0 Å². The zero-order chi connectivity index (χ0) is 13.8. The first-order chi connectivity index (χ1) is 9.17. The first-order valence-corrected chi connectivity index (χ1v) is 6.82. The highest BCUT2D eigenvalue weighted by atomic mass is 16.2. The third kappa shape index (κ3) is 2.78. The summed E-state index contributed by atoms with van der Waals surface area (Å²) in [7, 11) is 0. The molecule has 1 aromatic carbocycles. The molecule has 2 atom stereocenters. The number of nitrogens with one attached hydrogen (secondary N) is 1. The molecule has 0 radical (unpaired) electrons. The molecule has 0 aliphatic carbocycles. The first-order valence-electron chi connectivity index (χ1n) is 6.82. The van der Waals surface area contributed by atoms with Crippen LogP contribution in [0.5, 0.6) is 0 Å². The van der Waals surface area contributed by atoms with Crippen molar-refractivity contribution >= 4 is 11.8 Å². The van der Waals surface area contributed by atoms with Crippen molar-refractivity contribution in [3.05, 3.63) is 35.9 Å². The number of nitrogens with zero attached hydrogens (tertiary/aromatic N) is 1. The lowest BCUT2D eigenvalue weighted by molar-refractivity contribution is -0.150. The predicted octanol–water partition coefficient (Wildman–Crippen LogP) is 1.70.